The van der Waals surface area contributed by atoms with Crippen LogP contribution in [0.25, 0.3) is 0 Å². The van der Waals surface area contributed by atoms with Gasteiger partial charge in [-0.3, -0.25) is 14.5 Å². The quantitative estimate of drug-likeness (QED) is 0.900. The first-order valence-corrected chi connectivity index (χ1v) is 5.89. The summed E-state index contributed by atoms with van der Waals surface area (Å²) in [7, 11) is 0. The fourth-order valence-corrected chi connectivity index (χ4v) is 1.87. The molecule has 0 atom stereocenters. The van der Waals surface area contributed by atoms with E-state index >= 15 is 0 Å². The first kappa shape index (κ1) is 12.3. The van der Waals surface area contributed by atoms with Crippen LogP contribution in [0.2, 0.25) is 0 Å². The van der Waals surface area contributed by atoms with Gasteiger partial charge in [0.05, 0.1) is 22.6 Å². The fourth-order valence-electron chi connectivity index (χ4n) is 1.87. The van der Waals surface area contributed by atoms with Gasteiger partial charge >= 0.3 is 0 Å². The number of anilines is 1. The highest BCUT2D eigenvalue weighted by Gasteiger charge is 2.14. The second-order valence-corrected chi connectivity index (χ2v) is 4.06. The lowest BCUT2D eigenvalue weighted by atomic mass is 10.2. The molecular formula is C13H16N4O. The van der Waals surface area contributed by atoms with E-state index in [1.165, 1.54) is 0 Å². The van der Waals surface area contributed by atoms with Crippen LogP contribution in [0.5, 0.6) is 0 Å². The Morgan fingerprint density at radius 2 is 2.22 bits per heavy atom. The molecule has 0 saturated heterocycles. The molecule has 0 aliphatic heterocycles. The van der Waals surface area contributed by atoms with Gasteiger partial charge in [-0.25, -0.2) is 0 Å². The molecule has 1 N–H and O–H groups in total. The lowest BCUT2D eigenvalue weighted by molar-refractivity contribution is 0.102. The van der Waals surface area contributed by atoms with Crippen molar-refractivity contribution in [2.75, 3.05) is 5.32 Å². The molecule has 2 aromatic heterocycles. The van der Waals surface area contributed by atoms with Gasteiger partial charge in [0.15, 0.2) is 0 Å². The maximum absolute atomic E-state index is 12.0. The number of hydrogen-bond acceptors (Lipinski definition) is 3. The molecule has 2 heterocycles. The van der Waals surface area contributed by atoms with Crippen LogP contribution in [0.15, 0.2) is 24.5 Å². The number of rotatable bonds is 3. The number of carbonyl (C=O) groups is 1. The summed E-state index contributed by atoms with van der Waals surface area (Å²) in [5.74, 6) is -0.162. The molecule has 0 saturated carbocycles. The van der Waals surface area contributed by atoms with Gasteiger partial charge in [-0.05, 0) is 32.9 Å². The summed E-state index contributed by atoms with van der Waals surface area (Å²) < 4.78 is 1.87. The average Bonchev–Trinajstić information content (AvgIpc) is 2.67. The largest absolute Gasteiger partial charge is 0.319 e. The van der Waals surface area contributed by atoms with Gasteiger partial charge in [0.1, 0.15) is 0 Å². The number of amides is 1. The highest BCUT2D eigenvalue weighted by atomic mass is 16.1. The Hall–Kier alpha value is -2.17. The van der Waals surface area contributed by atoms with Gasteiger partial charge in [0, 0.05) is 18.9 Å². The number of aromatic nitrogens is 3. The minimum atomic E-state index is -0.162. The third-order valence-electron chi connectivity index (χ3n) is 2.84. The Morgan fingerprint density at radius 3 is 2.78 bits per heavy atom. The van der Waals surface area contributed by atoms with Crippen molar-refractivity contribution in [1.82, 2.24) is 14.8 Å². The molecule has 0 radical (unpaired) electrons. The normalized spacial score (nSPS) is 10.4. The number of nitrogens with zero attached hydrogens (tertiary/aromatic N) is 3. The van der Waals surface area contributed by atoms with E-state index in [0.717, 1.165) is 23.6 Å². The zero-order valence-electron chi connectivity index (χ0n) is 10.8. The summed E-state index contributed by atoms with van der Waals surface area (Å²) in [5, 5.41) is 7.25. The van der Waals surface area contributed by atoms with Gasteiger partial charge in [0.2, 0.25) is 0 Å². The molecule has 1 amide bonds. The molecule has 0 aliphatic carbocycles. The van der Waals surface area contributed by atoms with Crippen molar-refractivity contribution in [3.63, 3.8) is 0 Å². The van der Waals surface area contributed by atoms with Crippen molar-refractivity contribution < 1.29 is 4.79 Å². The summed E-state index contributed by atoms with van der Waals surface area (Å²) in [6.45, 7) is 6.64. The fraction of sp³-hybridized carbons (Fsp3) is 0.308. The van der Waals surface area contributed by atoms with Crippen LogP contribution in [0.1, 0.15) is 28.7 Å². The van der Waals surface area contributed by atoms with Crippen molar-refractivity contribution in [3.8, 4) is 0 Å². The average molecular weight is 244 g/mol. The molecule has 2 rings (SSSR count). The summed E-state index contributed by atoms with van der Waals surface area (Å²) >= 11 is 0. The summed E-state index contributed by atoms with van der Waals surface area (Å²) in [5.41, 5.74) is 3.12. The maximum Gasteiger partial charge on any atom is 0.257 e. The molecular weight excluding hydrogens is 228 g/mol. The smallest absolute Gasteiger partial charge is 0.257 e. The first-order chi connectivity index (χ1) is 8.63. The summed E-state index contributed by atoms with van der Waals surface area (Å²) in [6, 6.07) is 3.47. The molecule has 0 spiro atoms. The van der Waals surface area contributed by atoms with Crippen molar-refractivity contribution in [1.29, 1.82) is 0 Å². The lowest BCUT2D eigenvalue weighted by Crippen LogP contribution is -2.13. The van der Waals surface area contributed by atoms with Crippen LogP contribution in [0.3, 0.4) is 0 Å². The predicted octanol–water partition coefficient (Wildman–Crippen LogP) is 2.17. The van der Waals surface area contributed by atoms with E-state index < -0.39 is 0 Å². The first-order valence-electron chi connectivity index (χ1n) is 5.89. The molecule has 5 heteroatoms. The second kappa shape index (κ2) is 5.00. The summed E-state index contributed by atoms with van der Waals surface area (Å²) in [6.07, 6.45) is 3.19. The Labute approximate surface area is 106 Å². The van der Waals surface area contributed by atoms with Crippen molar-refractivity contribution in [3.05, 3.63) is 41.5 Å². The van der Waals surface area contributed by atoms with Crippen molar-refractivity contribution >= 4 is 11.6 Å². The number of aryl methyl sites for hydroxylation is 2. The third-order valence-corrected chi connectivity index (χ3v) is 2.84. The molecule has 0 aliphatic rings. The third kappa shape index (κ3) is 2.25. The number of pyridine rings is 1. The van der Waals surface area contributed by atoms with E-state index in [1.54, 1.807) is 24.5 Å². The summed E-state index contributed by atoms with van der Waals surface area (Å²) in [4.78, 5) is 16.0. The van der Waals surface area contributed by atoms with Crippen LogP contribution >= 0.6 is 0 Å². The highest BCUT2D eigenvalue weighted by molar-refractivity contribution is 6.04. The molecule has 0 unspecified atom stereocenters. The topological polar surface area (TPSA) is 59.8 Å². The molecule has 5 nitrogen and oxygen atoms in total. The lowest BCUT2D eigenvalue weighted by Gasteiger charge is -2.05. The number of carbonyl (C=O) groups excluding carboxylic acids is 1. The molecule has 0 aromatic carbocycles. The van der Waals surface area contributed by atoms with Gasteiger partial charge in [-0.15, -0.1) is 0 Å². The van der Waals surface area contributed by atoms with E-state index in [2.05, 4.69) is 15.4 Å². The molecule has 0 fully saturated rings. The zero-order chi connectivity index (χ0) is 13.1. The SMILES string of the molecule is CCn1nc(C)c(NC(=O)c2cccnc2)c1C. The molecule has 0 bridgehead atoms. The Balaban J connectivity index is 2.25. The predicted molar refractivity (Wildman–Crippen MR) is 69.6 cm³/mol. The molecule has 94 valence electrons. The van der Waals surface area contributed by atoms with Gasteiger partial charge < -0.3 is 5.32 Å². The van der Waals surface area contributed by atoms with E-state index in [9.17, 15) is 4.79 Å². The van der Waals surface area contributed by atoms with Crippen LogP contribution in [-0.2, 0) is 6.54 Å². The standard InChI is InChI=1S/C13H16N4O/c1-4-17-10(3)12(9(2)16-17)15-13(18)11-6-5-7-14-8-11/h5-8H,4H2,1-3H3,(H,15,18). The van der Waals surface area contributed by atoms with E-state index in [0.29, 0.717) is 5.56 Å². The Morgan fingerprint density at radius 1 is 1.44 bits per heavy atom. The van der Waals surface area contributed by atoms with E-state index in [4.69, 9.17) is 0 Å². The van der Waals surface area contributed by atoms with Gasteiger partial charge in [-0.1, -0.05) is 0 Å². The van der Waals surface area contributed by atoms with Gasteiger partial charge in [-0.2, -0.15) is 5.10 Å². The molecule has 2 aromatic rings. The minimum absolute atomic E-state index is 0.162. The van der Waals surface area contributed by atoms with Crippen molar-refractivity contribution in [2.45, 2.75) is 27.3 Å². The maximum atomic E-state index is 12.0. The Bertz CT molecular complexity index is 560. The van der Waals surface area contributed by atoms with Gasteiger partial charge in [0.25, 0.3) is 5.91 Å². The highest BCUT2D eigenvalue weighted by Crippen LogP contribution is 2.19. The monoisotopic (exact) mass is 244 g/mol. The number of hydrogen-bond donors (Lipinski definition) is 1. The molecule has 18 heavy (non-hydrogen) atoms. The van der Waals surface area contributed by atoms with E-state index in [-0.39, 0.29) is 5.91 Å². The zero-order valence-corrected chi connectivity index (χ0v) is 10.8. The van der Waals surface area contributed by atoms with Crippen LogP contribution < -0.4 is 5.32 Å². The second-order valence-electron chi connectivity index (χ2n) is 4.06. The van der Waals surface area contributed by atoms with Crippen molar-refractivity contribution in [2.24, 2.45) is 0 Å². The number of nitrogens with one attached hydrogen (secondary N) is 1. The van der Waals surface area contributed by atoms with E-state index in [1.807, 2.05) is 25.5 Å². The van der Waals surface area contributed by atoms with Crippen LogP contribution in [-0.4, -0.2) is 20.7 Å². The minimum Gasteiger partial charge on any atom is -0.319 e. The Kier molecular flexibility index (Phi) is 3.41. The van der Waals surface area contributed by atoms with Crippen LogP contribution in [0, 0.1) is 13.8 Å². The van der Waals surface area contributed by atoms with Crippen LogP contribution in [0.4, 0.5) is 5.69 Å².